The number of ether oxygens (including phenoxy) is 1. The summed E-state index contributed by atoms with van der Waals surface area (Å²) < 4.78 is 5.43. The molecule has 1 N–H and O–H groups in total. The van der Waals surface area contributed by atoms with Crippen molar-refractivity contribution in [3.63, 3.8) is 0 Å². The average Bonchev–Trinajstić information content (AvgIpc) is 2.80. The first-order valence-corrected chi connectivity index (χ1v) is 9.67. The van der Waals surface area contributed by atoms with Crippen molar-refractivity contribution in [2.45, 2.75) is 6.92 Å². The molecule has 0 amide bonds. The van der Waals surface area contributed by atoms with Gasteiger partial charge in [-0.15, -0.1) is 0 Å². The predicted octanol–water partition coefficient (Wildman–Crippen LogP) is 6.02. The molecule has 0 aliphatic rings. The highest BCUT2D eigenvalue weighted by Crippen LogP contribution is 2.32. The lowest BCUT2D eigenvalue weighted by Crippen LogP contribution is -1.98. The molecule has 0 saturated carbocycles. The Balaban J connectivity index is 1.77. The molecule has 0 fully saturated rings. The summed E-state index contributed by atoms with van der Waals surface area (Å²) in [7, 11) is 3.22. The van der Waals surface area contributed by atoms with E-state index in [1.54, 1.807) is 14.2 Å². The van der Waals surface area contributed by atoms with Crippen molar-refractivity contribution in [1.82, 2.24) is 4.98 Å². The number of nitrogens with one attached hydrogen (secondary N) is 1. The normalized spacial score (nSPS) is 11.4. The maximum absolute atomic E-state index is 5.43. The van der Waals surface area contributed by atoms with E-state index in [1.165, 1.54) is 0 Å². The van der Waals surface area contributed by atoms with E-state index in [-0.39, 0.29) is 0 Å². The second-order valence-electron chi connectivity index (χ2n) is 6.87. The Morgan fingerprint density at radius 1 is 0.900 bits per heavy atom. The van der Waals surface area contributed by atoms with Crippen LogP contribution in [0.5, 0.6) is 5.75 Å². The third-order valence-electron chi connectivity index (χ3n) is 4.90. The molecule has 5 heteroatoms. The van der Waals surface area contributed by atoms with Gasteiger partial charge in [-0.25, -0.2) is 4.98 Å². The number of benzene rings is 3. The number of pyridine rings is 1. The van der Waals surface area contributed by atoms with Gasteiger partial charge in [0.25, 0.3) is 0 Å². The van der Waals surface area contributed by atoms with Crippen LogP contribution in [0.4, 0.5) is 11.4 Å². The van der Waals surface area contributed by atoms with Crippen LogP contribution in [-0.4, -0.2) is 24.9 Å². The fraction of sp³-hybridized carbons (Fsp3) is 0.120. The van der Waals surface area contributed by atoms with Gasteiger partial charge in [-0.1, -0.05) is 47.6 Å². The fourth-order valence-corrected chi connectivity index (χ4v) is 3.33. The molecule has 4 aromatic rings. The van der Waals surface area contributed by atoms with Crippen LogP contribution in [0, 0.1) is 0 Å². The van der Waals surface area contributed by atoms with Crippen LogP contribution >= 0.6 is 0 Å². The summed E-state index contributed by atoms with van der Waals surface area (Å²) in [4.78, 5) is 9.72. The lowest BCUT2D eigenvalue weighted by atomic mass is 10.1. The number of anilines is 2. The maximum atomic E-state index is 5.43. The molecule has 0 radical (unpaired) electrons. The molecule has 150 valence electrons. The summed E-state index contributed by atoms with van der Waals surface area (Å²) in [5.74, 6) is 0.793. The highest BCUT2D eigenvalue weighted by Gasteiger charge is 2.10. The Labute approximate surface area is 176 Å². The zero-order chi connectivity index (χ0) is 20.9. The highest BCUT2D eigenvalue weighted by atomic mass is 16.6. The van der Waals surface area contributed by atoms with Gasteiger partial charge >= 0.3 is 0 Å². The quantitative estimate of drug-likeness (QED) is 0.319. The molecule has 0 aliphatic carbocycles. The van der Waals surface area contributed by atoms with Gasteiger partial charge in [-0.05, 0) is 48.9 Å². The number of hydrogen-bond donors (Lipinski definition) is 1. The molecule has 0 atom stereocenters. The first-order chi connectivity index (χ1) is 14.7. The van der Waals surface area contributed by atoms with Gasteiger partial charge in [-0.2, -0.15) is 0 Å². The summed E-state index contributed by atoms with van der Waals surface area (Å²) in [5, 5.41) is 8.52. The van der Waals surface area contributed by atoms with Crippen molar-refractivity contribution in [3.05, 3.63) is 84.4 Å². The summed E-state index contributed by atoms with van der Waals surface area (Å²) in [6.45, 7) is 1.92. The smallest absolute Gasteiger partial charge is 0.119 e. The Hall–Kier alpha value is -3.86. The summed E-state index contributed by atoms with van der Waals surface area (Å²) in [6.07, 6.45) is 0. The Kier molecular flexibility index (Phi) is 5.61. The molecule has 0 bridgehead atoms. The number of oxime groups is 1. The highest BCUT2D eigenvalue weighted by molar-refractivity contribution is 5.99. The zero-order valence-electron chi connectivity index (χ0n) is 17.2. The summed E-state index contributed by atoms with van der Waals surface area (Å²) >= 11 is 0. The van der Waals surface area contributed by atoms with Crippen molar-refractivity contribution >= 4 is 28.0 Å². The third kappa shape index (κ3) is 4.10. The van der Waals surface area contributed by atoms with Gasteiger partial charge in [0.2, 0.25) is 0 Å². The van der Waals surface area contributed by atoms with Gasteiger partial charge in [-0.3, -0.25) is 0 Å². The van der Waals surface area contributed by atoms with Crippen molar-refractivity contribution < 1.29 is 9.57 Å². The van der Waals surface area contributed by atoms with Gasteiger partial charge < -0.3 is 14.9 Å². The first-order valence-electron chi connectivity index (χ1n) is 9.67. The lowest BCUT2D eigenvalue weighted by Gasteiger charge is -2.14. The Bertz CT molecular complexity index is 1190. The largest absolute Gasteiger partial charge is 0.497 e. The van der Waals surface area contributed by atoms with Crippen molar-refractivity contribution in [1.29, 1.82) is 0 Å². The van der Waals surface area contributed by atoms with Crippen LogP contribution in [0.3, 0.4) is 0 Å². The fourth-order valence-electron chi connectivity index (χ4n) is 3.33. The number of methoxy groups -OCH3 is 1. The van der Waals surface area contributed by atoms with Gasteiger partial charge in [0.05, 0.1) is 29.7 Å². The van der Waals surface area contributed by atoms with Gasteiger partial charge in [0.15, 0.2) is 0 Å². The third-order valence-corrected chi connectivity index (χ3v) is 4.90. The molecule has 0 unspecified atom stereocenters. The van der Waals surface area contributed by atoms with E-state index >= 15 is 0 Å². The van der Waals surface area contributed by atoms with Crippen molar-refractivity contribution in [2.75, 3.05) is 19.5 Å². The second-order valence-corrected chi connectivity index (χ2v) is 6.87. The van der Waals surface area contributed by atoms with E-state index in [4.69, 9.17) is 14.6 Å². The van der Waals surface area contributed by atoms with Crippen LogP contribution in [0.2, 0.25) is 0 Å². The standard InChI is InChI=1S/C25H23N3O2/c1-17(28-30-3)18-9-11-20(12-10-18)26-25-16-24(19-7-5-4-6-8-19)27-23-14-13-21(29-2)15-22(23)25/h4-16H,1-3H3,(H,26,27)/b28-17+. The van der Waals surface area contributed by atoms with Gasteiger partial charge in [0.1, 0.15) is 12.9 Å². The Morgan fingerprint density at radius 2 is 1.67 bits per heavy atom. The monoisotopic (exact) mass is 397 g/mol. The number of fused-ring (bicyclic) bond motifs is 1. The summed E-state index contributed by atoms with van der Waals surface area (Å²) in [6, 6.07) is 26.2. The van der Waals surface area contributed by atoms with Crippen LogP contribution in [-0.2, 0) is 4.84 Å². The number of nitrogens with zero attached hydrogens (tertiary/aromatic N) is 2. The number of rotatable bonds is 6. The van der Waals surface area contributed by atoms with E-state index in [2.05, 4.69) is 28.7 Å². The number of hydrogen-bond acceptors (Lipinski definition) is 5. The molecule has 30 heavy (non-hydrogen) atoms. The molecular formula is C25H23N3O2. The van der Waals surface area contributed by atoms with Crippen LogP contribution in [0.1, 0.15) is 12.5 Å². The molecule has 0 spiro atoms. The molecule has 5 nitrogen and oxygen atoms in total. The molecule has 1 aromatic heterocycles. The van der Waals surface area contributed by atoms with E-state index in [0.717, 1.165) is 50.6 Å². The molecule has 4 rings (SSSR count). The van der Waals surface area contributed by atoms with Crippen molar-refractivity contribution in [3.8, 4) is 17.0 Å². The molecule has 0 saturated heterocycles. The molecule has 0 aliphatic heterocycles. The first kappa shape index (κ1) is 19.5. The topological polar surface area (TPSA) is 55.7 Å². The molecule has 1 heterocycles. The maximum Gasteiger partial charge on any atom is 0.119 e. The minimum atomic E-state index is 0.793. The SMILES string of the molecule is CO/N=C(\C)c1ccc(Nc2cc(-c3ccccc3)nc3ccc(OC)cc23)cc1. The number of aromatic nitrogens is 1. The minimum Gasteiger partial charge on any atom is -0.497 e. The van der Waals surface area contributed by atoms with Crippen LogP contribution in [0.25, 0.3) is 22.2 Å². The average molecular weight is 397 g/mol. The second kappa shape index (κ2) is 8.66. The zero-order valence-corrected chi connectivity index (χ0v) is 17.2. The predicted molar refractivity (Wildman–Crippen MR) is 123 cm³/mol. The Morgan fingerprint density at radius 3 is 2.37 bits per heavy atom. The lowest BCUT2D eigenvalue weighted by molar-refractivity contribution is 0.213. The minimum absolute atomic E-state index is 0.793. The molecule has 3 aromatic carbocycles. The van der Waals surface area contributed by atoms with E-state index < -0.39 is 0 Å². The summed E-state index contributed by atoms with van der Waals surface area (Å²) in [5.41, 5.74) is 6.66. The van der Waals surface area contributed by atoms with Gasteiger partial charge in [0, 0.05) is 16.6 Å². The van der Waals surface area contributed by atoms with Crippen molar-refractivity contribution in [2.24, 2.45) is 5.16 Å². The van der Waals surface area contributed by atoms with Crippen LogP contribution < -0.4 is 10.1 Å². The van der Waals surface area contributed by atoms with Crippen LogP contribution in [0.15, 0.2) is 84.0 Å². The van der Waals surface area contributed by atoms with E-state index in [9.17, 15) is 0 Å². The van der Waals surface area contributed by atoms with E-state index in [0.29, 0.717) is 0 Å². The van der Waals surface area contributed by atoms with E-state index in [1.807, 2.05) is 67.6 Å². The molecular weight excluding hydrogens is 374 g/mol.